The molecule has 0 saturated carbocycles. The number of fused-ring (bicyclic) bond motifs is 5. The molecule has 0 aliphatic heterocycles. The van der Waals surface area contributed by atoms with Gasteiger partial charge in [-0.15, -0.1) is 0 Å². The first-order valence-corrected chi connectivity index (χ1v) is 26.4. The molecule has 0 aliphatic carbocycles. The zero-order chi connectivity index (χ0) is 51.7. The fraction of sp³-hybridized carbons (Fsp3) is 0.211. The lowest BCUT2D eigenvalue weighted by atomic mass is 9.83. The van der Waals surface area contributed by atoms with Crippen molar-refractivity contribution in [2.75, 3.05) is 9.80 Å². The number of nitrogens with zero attached hydrogens (tertiary/aromatic N) is 2. The van der Waals surface area contributed by atoms with E-state index >= 15 is 0 Å². The quantitative estimate of drug-likeness (QED) is 0.144. The lowest BCUT2D eigenvalue weighted by Gasteiger charge is -2.30. The van der Waals surface area contributed by atoms with Gasteiger partial charge >= 0.3 is 0 Å². The van der Waals surface area contributed by atoms with E-state index in [1.807, 2.05) is 0 Å². The Morgan fingerprint density at radius 1 is 0.338 bits per heavy atom. The van der Waals surface area contributed by atoms with Crippen LogP contribution in [0.25, 0.3) is 65.7 Å². The smallest absolute Gasteiger partial charge is 0.136 e. The largest absolute Gasteiger partial charge is 0.456 e. The molecular formula is C71H68N2O. The van der Waals surface area contributed by atoms with E-state index in [1.165, 1.54) is 55.3 Å². The summed E-state index contributed by atoms with van der Waals surface area (Å²) in [5.74, 6) is 0.462. The molecular weight excluding hydrogens is 897 g/mol. The molecule has 0 N–H and O–H groups in total. The van der Waals surface area contributed by atoms with Gasteiger partial charge in [0.05, 0.1) is 11.4 Å². The van der Waals surface area contributed by atoms with Crippen molar-refractivity contribution in [2.24, 2.45) is 0 Å². The molecule has 368 valence electrons. The Balaban J connectivity index is 1.02. The highest BCUT2D eigenvalue weighted by atomic mass is 16.3. The average Bonchev–Trinajstić information content (AvgIpc) is 3.73. The van der Waals surface area contributed by atoms with E-state index in [0.717, 1.165) is 66.8 Å². The summed E-state index contributed by atoms with van der Waals surface area (Å²) in [6.07, 6.45) is 0. The highest BCUT2D eigenvalue weighted by Gasteiger charge is 2.25. The molecule has 11 aromatic rings. The lowest BCUT2D eigenvalue weighted by Crippen LogP contribution is -2.15. The summed E-state index contributed by atoms with van der Waals surface area (Å²) in [7, 11) is 0. The minimum atomic E-state index is -0.0164. The first-order chi connectivity index (χ1) is 35.4. The molecule has 0 radical (unpaired) electrons. The lowest BCUT2D eigenvalue weighted by molar-refractivity contribution is 0.590. The third-order valence-electron chi connectivity index (χ3n) is 15.1. The summed E-state index contributed by atoms with van der Waals surface area (Å²) >= 11 is 0. The van der Waals surface area contributed by atoms with Crippen LogP contribution in [0.2, 0.25) is 0 Å². The SMILES string of the molecule is CC(C)c1ccc(-c2cc(C(C)(C)C)ccc2N(c2ccccc2)c2ccc3cc4c(cc3c2)oc2cc3cc(N(c5ccccc5)c5ccc(C(C)(C)C)cc5-c5ccc(C(C)(C)C)cc5)ccc3cc24)cc1. The average molecular weight is 965 g/mol. The van der Waals surface area contributed by atoms with E-state index in [2.05, 4.69) is 292 Å². The maximum atomic E-state index is 6.88. The zero-order valence-electron chi connectivity index (χ0n) is 45.0. The number of para-hydroxylation sites is 2. The third-order valence-corrected chi connectivity index (χ3v) is 15.1. The minimum Gasteiger partial charge on any atom is -0.456 e. The van der Waals surface area contributed by atoms with Crippen LogP contribution >= 0.6 is 0 Å². The molecule has 10 aromatic carbocycles. The van der Waals surface area contributed by atoms with Crippen molar-refractivity contribution < 1.29 is 4.42 Å². The predicted octanol–water partition coefficient (Wildman–Crippen LogP) is 21.2. The number of hydrogen-bond donors (Lipinski definition) is 0. The molecule has 0 atom stereocenters. The van der Waals surface area contributed by atoms with Crippen molar-refractivity contribution in [1.82, 2.24) is 0 Å². The van der Waals surface area contributed by atoms with E-state index in [4.69, 9.17) is 4.42 Å². The predicted molar refractivity (Wildman–Crippen MR) is 319 cm³/mol. The van der Waals surface area contributed by atoms with Gasteiger partial charge < -0.3 is 14.2 Å². The maximum absolute atomic E-state index is 6.88. The second kappa shape index (κ2) is 18.6. The molecule has 74 heavy (non-hydrogen) atoms. The highest BCUT2D eigenvalue weighted by molar-refractivity contribution is 6.14. The Morgan fingerprint density at radius 3 is 1.12 bits per heavy atom. The molecule has 0 amide bonds. The number of furan rings is 1. The van der Waals surface area contributed by atoms with Crippen molar-refractivity contribution in [1.29, 1.82) is 0 Å². The monoisotopic (exact) mass is 965 g/mol. The van der Waals surface area contributed by atoms with Gasteiger partial charge in [0.1, 0.15) is 11.2 Å². The van der Waals surface area contributed by atoms with Gasteiger partial charge in [-0.1, -0.05) is 185 Å². The molecule has 1 aromatic heterocycles. The first-order valence-electron chi connectivity index (χ1n) is 26.4. The van der Waals surface area contributed by atoms with Crippen molar-refractivity contribution in [3.63, 3.8) is 0 Å². The second-order valence-electron chi connectivity index (χ2n) is 23.8. The van der Waals surface area contributed by atoms with Crippen LogP contribution in [-0.4, -0.2) is 0 Å². The van der Waals surface area contributed by atoms with Crippen molar-refractivity contribution in [3.8, 4) is 22.3 Å². The number of rotatable bonds is 9. The van der Waals surface area contributed by atoms with Crippen LogP contribution < -0.4 is 9.80 Å². The number of hydrogen-bond acceptors (Lipinski definition) is 3. The van der Waals surface area contributed by atoms with Crippen LogP contribution in [0.1, 0.15) is 104 Å². The third kappa shape index (κ3) is 9.26. The highest BCUT2D eigenvalue weighted by Crippen LogP contribution is 2.47. The van der Waals surface area contributed by atoms with Crippen LogP contribution in [0.4, 0.5) is 34.1 Å². The van der Waals surface area contributed by atoms with Gasteiger partial charge in [0.15, 0.2) is 0 Å². The minimum absolute atomic E-state index is 0.0109. The maximum Gasteiger partial charge on any atom is 0.136 e. The van der Waals surface area contributed by atoms with Crippen LogP contribution in [-0.2, 0) is 16.2 Å². The summed E-state index contributed by atoms with van der Waals surface area (Å²) in [4.78, 5) is 4.82. The molecule has 3 nitrogen and oxygen atoms in total. The fourth-order valence-electron chi connectivity index (χ4n) is 10.6. The zero-order valence-corrected chi connectivity index (χ0v) is 45.0. The summed E-state index contributed by atoms with van der Waals surface area (Å²) in [6, 6.07) is 76.7. The van der Waals surface area contributed by atoms with E-state index in [-0.39, 0.29) is 16.2 Å². The topological polar surface area (TPSA) is 19.6 Å². The second-order valence-corrected chi connectivity index (χ2v) is 23.8. The van der Waals surface area contributed by atoms with Gasteiger partial charge in [-0.05, 0) is 174 Å². The van der Waals surface area contributed by atoms with E-state index in [0.29, 0.717) is 5.92 Å². The molecule has 0 aliphatic rings. The van der Waals surface area contributed by atoms with Crippen LogP contribution in [0, 0.1) is 0 Å². The summed E-state index contributed by atoms with van der Waals surface area (Å²) in [5.41, 5.74) is 18.5. The van der Waals surface area contributed by atoms with Gasteiger partial charge in [0, 0.05) is 44.6 Å². The first kappa shape index (κ1) is 48.4. The number of benzene rings is 10. The Labute approximate surface area is 438 Å². The Bertz CT molecular complexity index is 3840. The Morgan fingerprint density at radius 2 is 0.730 bits per heavy atom. The van der Waals surface area contributed by atoms with Gasteiger partial charge in [0.25, 0.3) is 0 Å². The number of anilines is 6. The molecule has 0 spiro atoms. The van der Waals surface area contributed by atoms with E-state index in [1.54, 1.807) is 0 Å². The molecule has 0 fully saturated rings. The van der Waals surface area contributed by atoms with Crippen LogP contribution in [0.5, 0.6) is 0 Å². The normalized spacial score (nSPS) is 12.4. The fourth-order valence-corrected chi connectivity index (χ4v) is 10.6. The molecule has 0 unspecified atom stereocenters. The van der Waals surface area contributed by atoms with Gasteiger partial charge in [-0.3, -0.25) is 0 Å². The summed E-state index contributed by atoms with van der Waals surface area (Å²) in [5, 5.41) is 6.80. The molecule has 3 heteroatoms. The van der Waals surface area contributed by atoms with E-state index in [9.17, 15) is 0 Å². The van der Waals surface area contributed by atoms with Crippen LogP contribution in [0.3, 0.4) is 0 Å². The molecule has 0 bridgehead atoms. The van der Waals surface area contributed by atoms with Crippen LogP contribution in [0.15, 0.2) is 211 Å². The van der Waals surface area contributed by atoms with E-state index < -0.39 is 0 Å². The summed E-state index contributed by atoms with van der Waals surface area (Å²) in [6.45, 7) is 25.1. The van der Waals surface area contributed by atoms with Gasteiger partial charge in [-0.2, -0.15) is 0 Å². The summed E-state index contributed by atoms with van der Waals surface area (Å²) < 4.78 is 6.88. The Hall–Kier alpha value is -7.88. The molecule has 11 rings (SSSR count). The van der Waals surface area contributed by atoms with Gasteiger partial charge in [0.2, 0.25) is 0 Å². The van der Waals surface area contributed by atoms with Crippen molar-refractivity contribution in [3.05, 3.63) is 229 Å². The van der Waals surface area contributed by atoms with Crippen molar-refractivity contribution >= 4 is 77.6 Å². The van der Waals surface area contributed by atoms with Crippen molar-refractivity contribution in [2.45, 2.75) is 98.3 Å². The Kier molecular flexibility index (Phi) is 12.1. The molecule has 0 saturated heterocycles. The standard InChI is InChI=1S/C71H68N2O/c1-46(2)47-22-24-48(25-23-47)61-44-55(70(6,7)8)32-36-65(61)72(57-18-14-12-15-19-57)59-34-28-50-40-63-64-41-51-29-35-60(39-53(51)43-68(64)74-67(63)42-52(50)38-59)73(58-20-16-13-17-21-58)66-37-33-56(71(9,10)11)45-62(66)49-26-30-54(31-27-49)69(3,4)5/h12-46H,1-11H3. The van der Waals surface area contributed by atoms with Gasteiger partial charge in [-0.25, -0.2) is 0 Å². The molecule has 1 heterocycles.